The van der Waals surface area contributed by atoms with Crippen molar-refractivity contribution in [2.75, 3.05) is 33.3 Å². The molecular weight excluding hydrogens is 392 g/mol. The van der Waals surface area contributed by atoms with Gasteiger partial charge < -0.3 is 14.1 Å². The molecule has 1 aromatic heterocycles. The van der Waals surface area contributed by atoms with E-state index in [0.29, 0.717) is 31.6 Å². The summed E-state index contributed by atoms with van der Waals surface area (Å²) < 4.78 is 10.7. The van der Waals surface area contributed by atoms with Crippen molar-refractivity contribution in [1.29, 1.82) is 0 Å². The van der Waals surface area contributed by atoms with E-state index in [1.165, 1.54) is 0 Å². The predicted molar refractivity (Wildman–Crippen MR) is 121 cm³/mol. The molecule has 162 valence electrons. The van der Waals surface area contributed by atoms with E-state index in [4.69, 9.17) is 9.15 Å². The molecule has 4 rings (SSSR count). The smallest absolute Gasteiger partial charge is 0.336 e. The van der Waals surface area contributed by atoms with Gasteiger partial charge in [-0.1, -0.05) is 24.3 Å². The van der Waals surface area contributed by atoms with Gasteiger partial charge in [-0.3, -0.25) is 9.69 Å². The highest BCUT2D eigenvalue weighted by atomic mass is 16.5. The van der Waals surface area contributed by atoms with Gasteiger partial charge in [-0.2, -0.15) is 0 Å². The predicted octanol–water partition coefficient (Wildman–Crippen LogP) is 3.31. The maximum Gasteiger partial charge on any atom is 0.336 e. The molecule has 0 N–H and O–H groups in total. The molecule has 0 unspecified atom stereocenters. The Labute approximate surface area is 182 Å². The highest BCUT2D eigenvalue weighted by Gasteiger charge is 2.22. The molecule has 0 saturated carbocycles. The standard InChI is InChI=1S/C25H28N2O4/c1-17-7-8-22-20(15-24(29)31-25(22)18(17)2)16-26-9-11-27(12-10-26)23(28)14-19-5-4-6-21(13-19)30-3/h4-8,13,15H,9-12,14,16H2,1-3H3. The number of ether oxygens (including phenoxy) is 1. The van der Waals surface area contributed by atoms with Crippen LogP contribution in [-0.2, 0) is 17.8 Å². The number of amides is 1. The number of rotatable bonds is 5. The molecule has 0 atom stereocenters. The molecule has 6 heteroatoms. The van der Waals surface area contributed by atoms with Gasteiger partial charge in [0.25, 0.3) is 0 Å². The first kappa shape index (κ1) is 21.1. The van der Waals surface area contributed by atoms with Crippen molar-refractivity contribution in [3.8, 4) is 5.75 Å². The lowest BCUT2D eigenvalue weighted by Gasteiger charge is -2.35. The van der Waals surface area contributed by atoms with Crippen molar-refractivity contribution in [3.63, 3.8) is 0 Å². The molecule has 6 nitrogen and oxygen atoms in total. The molecule has 0 radical (unpaired) electrons. The van der Waals surface area contributed by atoms with Crippen LogP contribution in [0.3, 0.4) is 0 Å². The fourth-order valence-electron chi connectivity index (χ4n) is 4.12. The largest absolute Gasteiger partial charge is 0.497 e. The third kappa shape index (κ3) is 4.64. The lowest BCUT2D eigenvalue weighted by molar-refractivity contribution is -0.132. The lowest BCUT2D eigenvalue weighted by Crippen LogP contribution is -2.48. The van der Waals surface area contributed by atoms with Gasteiger partial charge in [-0.15, -0.1) is 0 Å². The van der Waals surface area contributed by atoms with Gasteiger partial charge in [-0.25, -0.2) is 4.79 Å². The Kier molecular flexibility index (Phi) is 6.09. The number of carbonyl (C=O) groups excluding carboxylic acids is 1. The molecule has 0 bridgehead atoms. The number of carbonyl (C=O) groups is 1. The zero-order valence-electron chi connectivity index (χ0n) is 18.3. The van der Waals surface area contributed by atoms with E-state index in [2.05, 4.69) is 11.0 Å². The minimum Gasteiger partial charge on any atom is -0.497 e. The maximum atomic E-state index is 12.7. The molecule has 31 heavy (non-hydrogen) atoms. The topological polar surface area (TPSA) is 63.0 Å². The number of benzene rings is 2. The van der Waals surface area contributed by atoms with Crippen molar-refractivity contribution in [3.05, 3.63) is 75.1 Å². The van der Waals surface area contributed by atoms with E-state index in [0.717, 1.165) is 46.5 Å². The first-order valence-electron chi connectivity index (χ1n) is 10.6. The van der Waals surface area contributed by atoms with Crippen molar-refractivity contribution >= 4 is 16.9 Å². The molecule has 3 aromatic rings. The normalized spacial score (nSPS) is 14.7. The Morgan fingerprint density at radius 2 is 1.84 bits per heavy atom. The Hall–Kier alpha value is -3.12. The summed E-state index contributed by atoms with van der Waals surface area (Å²) in [6.45, 7) is 7.58. The fraction of sp³-hybridized carbons (Fsp3) is 0.360. The van der Waals surface area contributed by atoms with Crippen LogP contribution < -0.4 is 10.4 Å². The van der Waals surface area contributed by atoms with Crippen molar-refractivity contribution in [1.82, 2.24) is 9.80 Å². The summed E-state index contributed by atoms with van der Waals surface area (Å²) in [5.74, 6) is 0.893. The average Bonchev–Trinajstić information content (AvgIpc) is 2.77. The summed E-state index contributed by atoms with van der Waals surface area (Å²) in [4.78, 5) is 29.1. The minimum atomic E-state index is -0.316. The van der Waals surface area contributed by atoms with Gasteiger partial charge in [0, 0.05) is 44.2 Å². The second kappa shape index (κ2) is 8.94. The molecule has 1 aliphatic rings. The number of methoxy groups -OCH3 is 1. The number of nitrogens with zero attached hydrogens (tertiary/aromatic N) is 2. The van der Waals surface area contributed by atoms with Crippen molar-refractivity contribution in [2.45, 2.75) is 26.8 Å². The summed E-state index contributed by atoms with van der Waals surface area (Å²) in [7, 11) is 1.63. The molecule has 0 aliphatic carbocycles. The highest BCUT2D eigenvalue weighted by molar-refractivity contribution is 5.84. The monoisotopic (exact) mass is 420 g/mol. The maximum absolute atomic E-state index is 12.7. The lowest BCUT2D eigenvalue weighted by atomic mass is 10.0. The van der Waals surface area contributed by atoms with Gasteiger partial charge in [0.15, 0.2) is 0 Å². The number of fused-ring (bicyclic) bond motifs is 1. The quantitative estimate of drug-likeness (QED) is 0.593. The van der Waals surface area contributed by atoms with E-state index >= 15 is 0 Å². The van der Waals surface area contributed by atoms with Crippen LogP contribution in [0.4, 0.5) is 0 Å². The molecule has 2 heterocycles. The van der Waals surface area contributed by atoms with Gasteiger partial charge in [-0.05, 0) is 48.2 Å². The van der Waals surface area contributed by atoms with Gasteiger partial charge >= 0.3 is 5.63 Å². The van der Waals surface area contributed by atoms with Gasteiger partial charge in [0.2, 0.25) is 5.91 Å². The third-order valence-electron chi connectivity index (χ3n) is 6.13. The highest BCUT2D eigenvalue weighted by Crippen LogP contribution is 2.24. The van der Waals surface area contributed by atoms with E-state index in [1.807, 2.05) is 49.1 Å². The summed E-state index contributed by atoms with van der Waals surface area (Å²) in [6.07, 6.45) is 0.375. The molecule has 1 aliphatic heterocycles. The zero-order valence-corrected chi connectivity index (χ0v) is 18.3. The first-order valence-corrected chi connectivity index (χ1v) is 10.6. The average molecular weight is 421 g/mol. The number of piperazine rings is 1. The molecule has 2 aromatic carbocycles. The molecular formula is C25H28N2O4. The Balaban J connectivity index is 1.41. The van der Waals surface area contributed by atoms with Crippen LogP contribution >= 0.6 is 0 Å². The summed E-state index contributed by atoms with van der Waals surface area (Å²) in [6, 6.07) is 13.3. The van der Waals surface area contributed by atoms with Crippen LogP contribution in [0.15, 0.2) is 51.7 Å². The third-order valence-corrected chi connectivity index (χ3v) is 6.13. The number of hydrogen-bond acceptors (Lipinski definition) is 5. The zero-order chi connectivity index (χ0) is 22.0. The van der Waals surface area contributed by atoms with Crippen molar-refractivity contribution in [2.24, 2.45) is 0 Å². The molecule has 1 saturated heterocycles. The van der Waals surface area contributed by atoms with Crippen LogP contribution in [0.2, 0.25) is 0 Å². The fourth-order valence-corrected chi connectivity index (χ4v) is 4.12. The summed E-state index contributed by atoms with van der Waals surface area (Å²) >= 11 is 0. The van der Waals surface area contributed by atoms with Crippen LogP contribution in [0, 0.1) is 13.8 Å². The van der Waals surface area contributed by atoms with E-state index in [9.17, 15) is 9.59 Å². The summed E-state index contributed by atoms with van der Waals surface area (Å²) in [5.41, 5.74) is 4.41. The van der Waals surface area contributed by atoms with E-state index in [-0.39, 0.29) is 11.5 Å². The van der Waals surface area contributed by atoms with Crippen molar-refractivity contribution < 1.29 is 13.9 Å². The number of aryl methyl sites for hydroxylation is 2. The Morgan fingerprint density at radius 3 is 2.58 bits per heavy atom. The second-order valence-corrected chi connectivity index (χ2v) is 8.16. The molecule has 1 amide bonds. The van der Waals surface area contributed by atoms with E-state index < -0.39 is 0 Å². The Morgan fingerprint density at radius 1 is 1.06 bits per heavy atom. The molecule has 0 spiro atoms. The summed E-state index contributed by atoms with van der Waals surface area (Å²) in [5, 5.41) is 0.985. The minimum absolute atomic E-state index is 0.129. The van der Waals surface area contributed by atoms with Gasteiger partial charge in [0.05, 0.1) is 13.5 Å². The first-order chi connectivity index (χ1) is 14.9. The van der Waals surface area contributed by atoms with E-state index in [1.54, 1.807) is 13.2 Å². The SMILES string of the molecule is COc1cccc(CC(=O)N2CCN(Cc3cc(=O)oc4c(C)c(C)ccc34)CC2)c1. The van der Waals surface area contributed by atoms with Crippen LogP contribution in [0.25, 0.3) is 11.0 Å². The molecule has 1 fully saturated rings. The number of hydrogen-bond donors (Lipinski definition) is 0. The second-order valence-electron chi connectivity index (χ2n) is 8.16. The Bertz CT molecular complexity index is 1160. The van der Waals surface area contributed by atoms with Gasteiger partial charge in [0.1, 0.15) is 11.3 Å². The van der Waals surface area contributed by atoms with Crippen LogP contribution in [0.1, 0.15) is 22.3 Å². The van der Waals surface area contributed by atoms with Crippen LogP contribution in [-0.4, -0.2) is 49.0 Å². The van der Waals surface area contributed by atoms with Crippen LogP contribution in [0.5, 0.6) is 5.75 Å².